The molecule has 0 aromatic heterocycles. The van der Waals surface area contributed by atoms with Gasteiger partial charge in [-0.2, -0.15) is 0 Å². The minimum absolute atomic E-state index is 0.426. The smallest absolute Gasteiger partial charge is 0.0263 e. The Balaban J connectivity index is 1.66. The lowest BCUT2D eigenvalue weighted by Gasteiger charge is -2.33. The van der Waals surface area contributed by atoms with E-state index in [2.05, 4.69) is 54.8 Å². The zero-order valence-electron chi connectivity index (χ0n) is 10.8. The van der Waals surface area contributed by atoms with Crippen molar-refractivity contribution < 1.29 is 0 Å². The first-order chi connectivity index (χ1) is 8.15. The third kappa shape index (κ3) is 2.25. The Labute approximate surface area is 109 Å². The van der Waals surface area contributed by atoms with Crippen LogP contribution in [0.5, 0.6) is 0 Å². The standard InChI is InChI=1S/C15H21NS/c1-15(2)8-5-9-16(15)11-13-10-12-6-3-4-7-14(12)17-13/h3-4,6-7,13H,5,8-11H2,1-2H3. The Morgan fingerprint density at radius 3 is 2.88 bits per heavy atom. The summed E-state index contributed by atoms with van der Waals surface area (Å²) in [5.74, 6) is 0. The van der Waals surface area contributed by atoms with Crippen molar-refractivity contribution in [3.05, 3.63) is 29.8 Å². The number of benzene rings is 1. The van der Waals surface area contributed by atoms with Crippen molar-refractivity contribution >= 4 is 11.8 Å². The highest BCUT2D eigenvalue weighted by atomic mass is 32.2. The lowest BCUT2D eigenvalue weighted by Crippen LogP contribution is -2.41. The van der Waals surface area contributed by atoms with Crippen molar-refractivity contribution in [2.45, 2.75) is 48.8 Å². The fraction of sp³-hybridized carbons (Fsp3) is 0.600. The van der Waals surface area contributed by atoms with E-state index in [0.717, 1.165) is 5.25 Å². The molecular formula is C15H21NS. The quantitative estimate of drug-likeness (QED) is 0.786. The van der Waals surface area contributed by atoms with Crippen LogP contribution in [-0.4, -0.2) is 28.8 Å². The van der Waals surface area contributed by atoms with Gasteiger partial charge in [-0.3, -0.25) is 4.90 Å². The predicted octanol–water partition coefficient (Wildman–Crippen LogP) is 3.58. The molecule has 0 radical (unpaired) electrons. The van der Waals surface area contributed by atoms with Gasteiger partial charge in [0.05, 0.1) is 0 Å². The Morgan fingerprint density at radius 1 is 1.35 bits per heavy atom. The van der Waals surface area contributed by atoms with Crippen LogP contribution in [0.4, 0.5) is 0 Å². The molecule has 2 heteroatoms. The molecule has 0 spiro atoms. The molecule has 1 atom stereocenters. The van der Waals surface area contributed by atoms with Gasteiger partial charge in [-0.1, -0.05) is 18.2 Å². The zero-order chi connectivity index (χ0) is 11.9. The molecule has 1 fully saturated rings. The van der Waals surface area contributed by atoms with Crippen molar-refractivity contribution in [2.75, 3.05) is 13.1 Å². The lowest BCUT2D eigenvalue weighted by atomic mass is 10.0. The zero-order valence-corrected chi connectivity index (χ0v) is 11.6. The summed E-state index contributed by atoms with van der Waals surface area (Å²) in [6.07, 6.45) is 3.99. The normalized spacial score (nSPS) is 27.3. The van der Waals surface area contributed by atoms with Crippen LogP contribution in [0, 0.1) is 0 Å². The molecule has 3 rings (SSSR count). The summed E-state index contributed by atoms with van der Waals surface area (Å²) < 4.78 is 0. The van der Waals surface area contributed by atoms with E-state index in [4.69, 9.17) is 0 Å². The van der Waals surface area contributed by atoms with Gasteiger partial charge >= 0.3 is 0 Å². The van der Waals surface area contributed by atoms with Crippen LogP contribution in [0.3, 0.4) is 0 Å². The number of rotatable bonds is 2. The van der Waals surface area contributed by atoms with Crippen LogP contribution < -0.4 is 0 Å². The third-order valence-electron chi connectivity index (χ3n) is 4.21. The number of nitrogens with zero attached hydrogens (tertiary/aromatic N) is 1. The molecule has 92 valence electrons. The molecule has 2 aliphatic heterocycles. The highest BCUT2D eigenvalue weighted by Gasteiger charge is 2.34. The summed E-state index contributed by atoms with van der Waals surface area (Å²) in [6, 6.07) is 8.89. The summed E-state index contributed by atoms with van der Waals surface area (Å²) >= 11 is 2.08. The van der Waals surface area contributed by atoms with Crippen molar-refractivity contribution in [3.63, 3.8) is 0 Å². The molecule has 17 heavy (non-hydrogen) atoms. The molecule has 0 bridgehead atoms. The SMILES string of the molecule is CC1(C)CCCN1CC1Cc2ccccc2S1. The first-order valence-corrected chi connectivity index (χ1v) is 7.53. The van der Waals surface area contributed by atoms with Crippen LogP contribution in [0.15, 0.2) is 29.2 Å². The first kappa shape index (κ1) is 11.6. The molecule has 1 aromatic rings. The van der Waals surface area contributed by atoms with Crippen LogP contribution in [0.25, 0.3) is 0 Å². The number of thioether (sulfide) groups is 1. The van der Waals surface area contributed by atoms with Crippen LogP contribution in [0.2, 0.25) is 0 Å². The second-order valence-electron chi connectivity index (χ2n) is 5.91. The molecule has 0 amide bonds. The summed E-state index contributed by atoms with van der Waals surface area (Å²) in [7, 11) is 0. The molecule has 0 aliphatic carbocycles. The predicted molar refractivity (Wildman–Crippen MR) is 74.7 cm³/mol. The van der Waals surface area contributed by atoms with E-state index in [1.165, 1.54) is 37.2 Å². The highest BCUT2D eigenvalue weighted by molar-refractivity contribution is 8.00. The van der Waals surface area contributed by atoms with Crippen molar-refractivity contribution in [1.29, 1.82) is 0 Å². The van der Waals surface area contributed by atoms with Gasteiger partial charge in [0.25, 0.3) is 0 Å². The van der Waals surface area contributed by atoms with Crippen LogP contribution in [-0.2, 0) is 6.42 Å². The average Bonchev–Trinajstić information content (AvgIpc) is 2.82. The summed E-state index contributed by atoms with van der Waals surface area (Å²) in [5.41, 5.74) is 1.98. The van der Waals surface area contributed by atoms with Gasteiger partial charge in [-0.15, -0.1) is 11.8 Å². The van der Waals surface area contributed by atoms with E-state index in [-0.39, 0.29) is 0 Å². The number of hydrogen-bond acceptors (Lipinski definition) is 2. The van der Waals surface area contributed by atoms with Gasteiger partial charge in [0.1, 0.15) is 0 Å². The maximum Gasteiger partial charge on any atom is 0.0263 e. The molecule has 1 aromatic carbocycles. The van der Waals surface area contributed by atoms with E-state index < -0.39 is 0 Å². The van der Waals surface area contributed by atoms with Crippen LogP contribution in [0.1, 0.15) is 32.3 Å². The molecule has 2 heterocycles. The molecule has 1 saturated heterocycles. The molecule has 2 aliphatic rings. The van der Waals surface area contributed by atoms with Gasteiger partial charge in [-0.25, -0.2) is 0 Å². The fourth-order valence-electron chi connectivity index (χ4n) is 3.10. The Kier molecular flexibility index (Phi) is 2.95. The maximum atomic E-state index is 2.69. The first-order valence-electron chi connectivity index (χ1n) is 6.65. The second-order valence-corrected chi connectivity index (χ2v) is 7.26. The van der Waals surface area contributed by atoms with Gasteiger partial charge in [0.2, 0.25) is 0 Å². The molecular weight excluding hydrogens is 226 g/mol. The maximum absolute atomic E-state index is 2.69. The van der Waals surface area contributed by atoms with E-state index in [0.29, 0.717) is 5.54 Å². The summed E-state index contributed by atoms with van der Waals surface area (Å²) in [5, 5.41) is 0.768. The monoisotopic (exact) mass is 247 g/mol. The number of fused-ring (bicyclic) bond motifs is 1. The third-order valence-corrected chi connectivity index (χ3v) is 5.51. The summed E-state index contributed by atoms with van der Waals surface area (Å²) in [4.78, 5) is 4.20. The van der Waals surface area contributed by atoms with Crippen molar-refractivity contribution in [3.8, 4) is 0 Å². The second kappa shape index (κ2) is 4.33. The average molecular weight is 247 g/mol. The minimum Gasteiger partial charge on any atom is -0.297 e. The molecule has 1 nitrogen and oxygen atoms in total. The Hall–Kier alpha value is -0.470. The highest BCUT2D eigenvalue weighted by Crippen LogP contribution is 2.39. The van der Waals surface area contributed by atoms with Crippen LogP contribution >= 0.6 is 11.8 Å². The van der Waals surface area contributed by atoms with Gasteiger partial charge in [0.15, 0.2) is 0 Å². The van der Waals surface area contributed by atoms with Crippen molar-refractivity contribution in [2.24, 2.45) is 0 Å². The number of hydrogen-bond donors (Lipinski definition) is 0. The van der Waals surface area contributed by atoms with Gasteiger partial charge in [0, 0.05) is 22.2 Å². The molecule has 0 saturated carbocycles. The summed E-state index contributed by atoms with van der Waals surface area (Å²) in [6.45, 7) is 7.34. The van der Waals surface area contributed by atoms with E-state index in [9.17, 15) is 0 Å². The topological polar surface area (TPSA) is 3.24 Å². The van der Waals surface area contributed by atoms with Gasteiger partial charge < -0.3 is 0 Å². The van der Waals surface area contributed by atoms with Gasteiger partial charge in [-0.05, 0) is 51.3 Å². The largest absolute Gasteiger partial charge is 0.297 e. The van der Waals surface area contributed by atoms with E-state index >= 15 is 0 Å². The Bertz CT molecular complexity index is 388. The molecule has 1 unspecified atom stereocenters. The minimum atomic E-state index is 0.426. The Morgan fingerprint density at radius 2 is 2.18 bits per heavy atom. The van der Waals surface area contributed by atoms with E-state index in [1.54, 1.807) is 5.56 Å². The van der Waals surface area contributed by atoms with Crippen molar-refractivity contribution in [1.82, 2.24) is 4.90 Å². The van der Waals surface area contributed by atoms with E-state index in [1.807, 2.05) is 0 Å². The fourth-order valence-corrected chi connectivity index (χ4v) is 4.44. The molecule has 0 N–H and O–H groups in total. The number of likely N-dealkylation sites (tertiary alicyclic amines) is 1. The lowest BCUT2D eigenvalue weighted by molar-refractivity contribution is 0.176.